The summed E-state index contributed by atoms with van der Waals surface area (Å²) in [6, 6.07) is 18.3. The van der Waals surface area contributed by atoms with E-state index in [1.807, 2.05) is 37.3 Å². The maximum atomic E-state index is 12.2. The van der Waals surface area contributed by atoms with Crippen LogP contribution in [-0.2, 0) is 20.9 Å². The predicted octanol–water partition coefficient (Wildman–Crippen LogP) is 5.30. The van der Waals surface area contributed by atoms with E-state index in [2.05, 4.69) is 10.3 Å². The molecule has 7 nitrogen and oxygen atoms in total. The highest BCUT2D eigenvalue weighted by molar-refractivity contribution is 6.30. The van der Waals surface area contributed by atoms with Crippen molar-refractivity contribution in [1.82, 2.24) is 4.98 Å². The third kappa shape index (κ3) is 7.64. The van der Waals surface area contributed by atoms with Gasteiger partial charge in [-0.25, -0.2) is 9.78 Å². The Morgan fingerprint density at radius 1 is 1.06 bits per heavy atom. The van der Waals surface area contributed by atoms with Crippen molar-refractivity contribution in [2.45, 2.75) is 26.6 Å². The number of hydrogen-bond donors (Lipinski definition) is 1. The zero-order chi connectivity index (χ0) is 24.3. The number of carbonyl (C=O) groups is 2. The van der Waals surface area contributed by atoms with Crippen LogP contribution in [0.25, 0.3) is 6.08 Å². The zero-order valence-corrected chi connectivity index (χ0v) is 19.6. The van der Waals surface area contributed by atoms with Gasteiger partial charge in [0.1, 0.15) is 12.4 Å². The van der Waals surface area contributed by atoms with Crippen molar-refractivity contribution in [3.05, 3.63) is 89.1 Å². The monoisotopic (exact) mass is 480 g/mol. The Hall–Kier alpha value is -3.84. The van der Waals surface area contributed by atoms with Crippen molar-refractivity contribution in [1.29, 1.82) is 0 Å². The topological polar surface area (TPSA) is 86.8 Å². The second-order valence-corrected chi connectivity index (χ2v) is 7.61. The van der Waals surface area contributed by atoms with Crippen LogP contribution < -0.4 is 14.8 Å². The summed E-state index contributed by atoms with van der Waals surface area (Å²) < 4.78 is 16.8. The van der Waals surface area contributed by atoms with E-state index in [1.54, 1.807) is 36.4 Å². The highest BCUT2D eigenvalue weighted by Crippen LogP contribution is 2.29. The van der Waals surface area contributed by atoms with Gasteiger partial charge in [0.15, 0.2) is 17.6 Å². The molecule has 3 aromatic rings. The Morgan fingerprint density at radius 2 is 1.85 bits per heavy atom. The van der Waals surface area contributed by atoms with Crippen molar-refractivity contribution < 1.29 is 23.8 Å². The minimum absolute atomic E-state index is 0.311. The standard InChI is InChI=1S/C26H25ClN2O5/c1-3-32-23-15-19(9-12-22(23)33-17-20-7-5-4-6-8-20)10-14-25(30)34-18(2)26(31)29-24-13-11-21(27)16-28-24/h4-16,18H,3,17H2,1-2H3,(H,28,29,31)/b14-10+/t18-/m0/s1. The van der Waals surface area contributed by atoms with Crippen LogP contribution in [0.2, 0.25) is 5.02 Å². The number of aromatic nitrogens is 1. The van der Waals surface area contributed by atoms with Gasteiger partial charge in [-0.1, -0.05) is 48.0 Å². The van der Waals surface area contributed by atoms with Gasteiger partial charge >= 0.3 is 5.97 Å². The lowest BCUT2D eigenvalue weighted by Crippen LogP contribution is -2.29. The molecule has 0 fully saturated rings. The molecule has 0 saturated carbocycles. The summed E-state index contributed by atoms with van der Waals surface area (Å²) in [5.41, 5.74) is 1.76. The Kier molecular flexibility index (Phi) is 9.05. The first-order valence-corrected chi connectivity index (χ1v) is 11.1. The molecule has 1 amide bonds. The van der Waals surface area contributed by atoms with Gasteiger partial charge in [0.05, 0.1) is 11.6 Å². The second kappa shape index (κ2) is 12.4. The average Bonchev–Trinajstić information content (AvgIpc) is 2.84. The first kappa shape index (κ1) is 24.8. The fourth-order valence-electron chi connectivity index (χ4n) is 2.86. The van der Waals surface area contributed by atoms with E-state index in [0.717, 1.165) is 11.1 Å². The minimum atomic E-state index is -1.01. The highest BCUT2D eigenvalue weighted by Gasteiger charge is 2.17. The molecule has 176 valence electrons. The SMILES string of the molecule is CCOc1cc(/C=C/C(=O)O[C@@H](C)C(=O)Nc2ccc(Cl)cn2)ccc1OCc1ccccc1. The fraction of sp³-hybridized carbons (Fsp3) is 0.192. The molecule has 0 saturated heterocycles. The maximum absolute atomic E-state index is 12.2. The maximum Gasteiger partial charge on any atom is 0.331 e. The van der Waals surface area contributed by atoms with Crippen LogP contribution in [0, 0.1) is 0 Å². The second-order valence-electron chi connectivity index (χ2n) is 7.18. The van der Waals surface area contributed by atoms with Crippen LogP contribution in [0.1, 0.15) is 25.0 Å². The number of benzene rings is 2. The predicted molar refractivity (Wildman–Crippen MR) is 131 cm³/mol. The van der Waals surface area contributed by atoms with Crippen LogP contribution in [-0.4, -0.2) is 29.6 Å². The summed E-state index contributed by atoms with van der Waals surface area (Å²) in [6.45, 7) is 4.23. The van der Waals surface area contributed by atoms with Gasteiger partial charge in [-0.15, -0.1) is 0 Å². The number of ether oxygens (including phenoxy) is 3. The van der Waals surface area contributed by atoms with Crippen molar-refractivity contribution in [2.24, 2.45) is 0 Å². The summed E-state index contributed by atoms with van der Waals surface area (Å²) in [5, 5.41) is 3.01. The van der Waals surface area contributed by atoms with Crippen LogP contribution in [0.3, 0.4) is 0 Å². The molecule has 8 heteroatoms. The number of nitrogens with one attached hydrogen (secondary N) is 1. The summed E-state index contributed by atoms with van der Waals surface area (Å²) in [7, 11) is 0. The quantitative estimate of drug-likeness (QED) is 0.313. The van der Waals surface area contributed by atoms with E-state index in [-0.39, 0.29) is 0 Å². The largest absolute Gasteiger partial charge is 0.490 e. The summed E-state index contributed by atoms with van der Waals surface area (Å²) >= 11 is 5.77. The first-order valence-electron chi connectivity index (χ1n) is 10.7. The Labute approximate surface area is 203 Å². The zero-order valence-electron chi connectivity index (χ0n) is 18.9. The van der Waals surface area contributed by atoms with E-state index in [1.165, 1.54) is 19.2 Å². The van der Waals surface area contributed by atoms with Gasteiger partial charge in [0, 0.05) is 12.3 Å². The van der Waals surface area contributed by atoms with Crippen molar-refractivity contribution in [3.63, 3.8) is 0 Å². The Bertz CT molecular complexity index is 1130. The minimum Gasteiger partial charge on any atom is -0.490 e. The number of pyridine rings is 1. The molecular formula is C26H25ClN2O5. The molecule has 0 spiro atoms. The molecule has 3 rings (SSSR count). The van der Waals surface area contributed by atoms with Gasteiger partial charge in [-0.05, 0) is 55.3 Å². The fourth-order valence-corrected chi connectivity index (χ4v) is 2.97. The molecule has 34 heavy (non-hydrogen) atoms. The van der Waals surface area contributed by atoms with Crippen LogP contribution in [0.15, 0.2) is 72.9 Å². The van der Waals surface area contributed by atoms with E-state index >= 15 is 0 Å². The van der Waals surface area contributed by atoms with Gasteiger partial charge in [-0.2, -0.15) is 0 Å². The number of carbonyl (C=O) groups excluding carboxylic acids is 2. The van der Waals surface area contributed by atoms with Crippen LogP contribution in [0.5, 0.6) is 11.5 Å². The smallest absolute Gasteiger partial charge is 0.331 e. The lowest BCUT2D eigenvalue weighted by Gasteiger charge is -2.13. The van der Waals surface area contributed by atoms with Gasteiger partial charge in [-0.3, -0.25) is 4.79 Å². The van der Waals surface area contributed by atoms with Gasteiger partial charge < -0.3 is 19.5 Å². The molecular weight excluding hydrogens is 456 g/mol. The Morgan fingerprint density at radius 3 is 2.56 bits per heavy atom. The molecule has 0 aliphatic carbocycles. The molecule has 1 aromatic heterocycles. The molecule has 2 aromatic carbocycles. The summed E-state index contributed by atoms with van der Waals surface area (Å²) in [6.07, 6.45) is 3.23. The summed E-state index contributed by atoms with van der Waals surface area (Å²) in [5.74, 6) is 0.318. The number of halogens is 1. The number of amides is 1. The number of nitrogens with zero attached hydrogens (tertiary/aromatic N) is 1. The lowest BCUT2D eigenvalue weighted by atomic mass is 10.2. The molecule has 0 radical (unpaired) electrons. The third-order valence-electron chi connectivity index (χ3n) is 4.56. The molecule has 0 bridgehead atoms. The van der Waals surface area contributed by atoms with Crippen molar-refractivity contribution >= 4 is 35.4 Å². The Balaban J connectivity index is 1.57. The highest BCUT2D eigenvalue weighted by atomic mass is 35.5. The van der Waals surface area contributed by atoms with Gasteiger partial charge in [0.25, 0.3) is 5.91 Å². The molecule has 1 atom stereocenters. The first-order chi connectivity index (χ1) is 16.4. The molecule has 0 aliphatic rings. The van der Waals surface area contributed by atoms with E-state index < -0.39 is 18.0 Å². The van der Waals surface area contributed by atoms with E-state index in [9.17, 15) is 9.59 Å². The molecule has 1 heterocycles. The molecule has 0 aliphatic heterocycles. The lowest BCUT2D eigenvalue weighted by molar-refractivity contribution is -0.148. The van der Waals surface area contributed by atoms with Crippen molar-refractivity contribution in [3.8, 4) is 11.5 Å². The van der Waals surface area contributed by atoms with Gasteiger partial charge in [0.2, 0.25) is 0 Å². The average molecular weight is 481 g/mol. The van der Waals surface area contributed by atoms with Crippen molar-refractivity contribution in [2.75, 3.05) is 11.9 Å². The molecule has 1 N–H and O–H groups in total. The van der Waals surface area contributed by atoms with Crippen LogP contribution in [0.4, 0.5) is 5.82 Å². The number of hydrogen-bond acceptors (Lipinski definition) is 6. The number of esters is 1. The third-order valence-corrected chi connectivity index (χ3v) is 4.78. The number of rotatable bonds is 10. The van der Waals surface area contributed by atoms with E-state index in [0.29, 0.717) is 35.6 Å². The number of anilines is 1. The normalized spacial score (nSPS) is 11.6. The summed E-state index contributed by atoms with van der Waals surface area (Å²) in [4.78, 5) is 28.4. The molecule has 0 unspecified atom stereocenters. The van der Waals surface area contributed by atoms with Crippen LogP contribution >= 0.6 is 11.6 Å². The van der Waals surface area contributed by atoms with E-state index in [4.69, 9.17) is 25.8 Å².